The van der Waals surface area contributed by atoms with Gasteiger partial charge in [0.1, 0.15) is 12.4 Å². The van der Waals surface area contributed by atoms with Gasteiger partial charge in [0, 0.05) is 6.20 Å². The minimum Gasteiger partial charge on any atom is -0.493 e. The minimum atomic E-state index is -4.43. The van der Waals surface area contributed by atoms with E-state index in [1.165, 1.54) is 19.4 Å². The molecule has 0 aliphatic heterocycles. The Morgan fingerprint density at radius 1 is 1.38 bits per heavy atom. The highest BCUT2D eigenvalue weighted by Crippen LogP contribution is 2.33. The van der Waals surface area contributed by atoms with Crippen LogP contribution < -0.4 is 14.9 Å². The van der Waals surface area contributed by atoms with E-state index >= 15 is 0 Å². The summed E-state index contributed by atoms with van der Waals surface area (Å²) in [6.07, 6.45) is 2.98. The number of nitrogens with zero attached hydrogens (tertiary/aromatic N) is 2. The normalized spacial score (nSPS) is 11.2. The van der Waals surface area contributed by atoms with Gasteiger partial charge in [-0.25, -0.2) is 4.98 Å². The van der Waals surface area contributed by atoms with Crippen molar-refractivity contribution in [1.82, 2.24) is 4.98 Å². The number of hydrazone groups is 1. The maximum atomic E-state index is 12.5. The lowest BCUT2D eigenvalue weighted by atomic mass is 10.2. The van der Waals surface area contributed by atoms with Gasteiger partial charge in [0.15, 0.2) is 11.5 Å². The van der Waals surface area contributed by atoms with Crippen molar-refractivity contribution in [3.63, 3.8) is 0 Å². The summed E-state index contributed by atoms with van der Waals surface area (Å²) in [5.74, 6) is 3.58. The van der Waals surface area contributed by atoms with Crippen LogP contribution >= 0.6 is 22.6 Å². The quantitative estimate of drug-likeness (QED) is 0.295. The van der Waals surface area contributed by atoms with E-state index in [4.69, 9.17) is 15.9 Å². The van der Waals surface area contributed by atoms with Crippen LogP contribution in [0.3, 0.4) is 0 Å². The maximum absolute atomic E-state index is 12.5. The molecule has 136 valence electrons. The highest BCUT2D eigenvalue weighted by molar-refractivity contribution is 14.1. The van der Waals surface area contributed by atoms with Crippen LogP contribution in [0, 0.1) is 15.9 Å². The number of alkyl halides is 3. The van der Waals surface area contributed by atoms with Gasteiger partial charge in [-0.2, -0.15) is 18.3 Å². The molecule has 0 aliphatic carbocycles. The summed E-state index contributed by atoms with van der Waals surface area (Å²) in [6, 6.07) is 5.61. The molecule has 0 spiro atoms. The fourth-order valence-electron chi connectivity index (χ4n) is 1.87. The van der Waals surface area contributed by atoms with Gasteiger partial charge < -0.3 is 9.47 Å². The molecule has 0 unspecified atom stereocenters. The smallest absolute Gasteiger partial charge is 0.417 e. The second kappa shape index (κ2) is 8.75. The number of ether oxygens (including phenoxy) is 2. The lowest BCUT2D eigenvalue weighted by Gasteiger charge is -2.11. The third kappa shape index (κ3) is 5.26. The molecule has 0 radical (unpaired) electrons. The summed E-state index contributed by atoms with van der Waals surface area (Å²) in [5, 5.41) is 3.96. The molecule has 0 atom stereocenters. The monoisotopic (exact) mass is 475 g/mol. The zero-order chi connectivity index (χ0) is 19.2. The molecule has 0 saturated carbocycles. The average Bonchev–Trinajstić information content (AvgIpc) is 2.60. The number of hydrogen-bond donors (Lipinski definition) is 1. The van der Waals surface area contributed by atoms with Crippen molar-refractivity contribution >= 4 is 34.6 Å². The van der Waals surface area contributed by atoms with Crippen LogP contribution in [-0.4, -0.2) is 24.9 Å². The number of methoxy groups -OCH3 is 1. The lowest BCUT2D eigenvalue weighted by Crippen LogP contribution is -2.05. The van der Waals surface area contributed by atoms with Gasteiger partial charge >= 0.3 is 6.18 Å². The fourth-order valence-corrected chi connectivity index (χ4v) is 2.65. The van der Waals surface area contributed by atoms with E-state index < -0.39 is 11.7 Å². The Balaban J connectivity index is 2.10. The van der Waals surface area contributed by atoms with E-state index in [2.05, 4.69) is 44.0 Å². The molecule has 1 aromatic carbocycles. The number of terminal acetylenes is 1. The zero-order valence-corrected chi connectivity index (χ0v) is 15.6. The second-order valence-corrected chi connectivity index (χ2v) is 5.99. The van der Waals surface area contributed by atoms with Gasteiger partial charge in [0.25, 0.3) is 0 Å². The van der Waals surface area contributed by atoms with Crippen molar-refractivity contribution in [2.24, 2.45) is 5.10 Å². The first-order valence-electron chi connectivity index (χ1n) is 7.11. The lowest BCUT2D eigenvalue weighted by molar-refractivity contribution is -0.137. The van der Waals surface area contributed by atoms with Gasteiger partial charge in [-0.15, -0.1) is 6.42 Å². The number of nitrogens with one attached hydrogen (secondary N) is 1. The van der Waals surface area contributed by atoms with E-state index in [0.29, 0.717) is 17.1 Å². The number of aromatic nitrogens is 1. The molecule has 0 amide bonds. The predicted octanol–water partition coefficient (Wildman–Crippen LogP) is 4.17. The van der Waals surface area contributed by atoms with Crippen molar-refractivity contribution in [2.45, 2.75) is 6.18 Å². The molecule has 0 fully saturated rings. The largest absolute Gasteiger partial charge is 0.493 e. The van der Waals surface area contributed by atoms with Gasteiger partial charge in [0.05, 0.1) is 22.5 Å². The van der Waals surface area contributed by atoms with E-state index in [9.17, 15) is 13.2 Å². The van der Waals surface area contributed by atoms with Crippen LogP contribution in [-0.2, 0) is 6.18 Å². The van der Waals surface area contributed by atoms with Crippen molar-refractivity contribution in [3.8, 4) is 23.8 Å². The average molecular weight is 475 g/mol. The molecule has 0 bridgehead atoms. The third-order valence-corrected chi connectivity index (χ3v) is 3.84. The van der Waals surface area contributed by atoms with Crippen LogP contribution in [0.4, 0.5) is 19.0 Å². The van der Waals surface area contributed by atoms with Crippen molar-refractivity contribution in [2.75, 3.05) is 19.1 Å². The van der Waals surface area contributed by atoms with Crippen LogP contribution in [0.5, 0.6) is 11.5 Å². The fraction of sp³-hybridized carbons (Fsp3) is 0.176. The summed E-state index contributed by atoms with van der Waals surface area (Å²) in [6.45, 7) is 0.112. The number of pyridine rings is 1. The second-order valence-electron chi connectivity index (χ2n) is 4.83. The van der Waals surface area contributed by atoms with Crippen LogP contribution in [0.2, 0.25) is 0 Å². The van der Waals surface area contributed by atoms with Gasteiger partial charge in [-0.1, -0.05) is 5.92 Å². The highest BCUT2D eigenvalue weighted by atomic mass is 127. The molecule has 1 aromatic heterocycles. The van der Waals surface area contributed by atoms with Crippen LogP contribution in [0.1, 0.15) is 11.1 Å². The number of halogens is 4. The van der Waals surface area contributed by atoms with Crippen LogP contribution in [0.15, 0.2) is 35.6 Å². The summed E-state index contributed by atoms with van der Waals surface area (Å²) < 4.78 is 49.0. The van der Waals surface area contributed by atoms with E-state index in [0.717, 1.165) is 15.8 Å². The predicted molar refractivity (Wildman–Crippen MR) is 100 cm³/mol. The van der Waals surface area contributed by atoms with Crippen molar-refractivity contribution in [1.29, 1.82) is 0 Å². The molecule has 9 heteroatoms. The van der Waals surface area contributed by atoms with Gasteiger partial charge in [-0.05, 0) is 52.4 Å². The van der Waals surface area contributed by atoms with Crippen molar-refractivity contribution < 1.29 is 22.6 Å². The van der Waals surface area contributed by atoms with E-state index in [1.54, 1.807) is 12.1 Å². The summed E-state index contributed by atoms with van der Waals surface area (Å²) in [4.78, 5) is 3.67. The number of hydrogen-bond acceptors (Lipinski definition) is 5. The molecule has 2 rings (SSSR count). The van der Waals surface area contributed by atoms with E-state index in [-0.39, 0.29) is 12.4 Å². The third-order valence-electron chi connectivity index (χ3n) is 3.04. The van der Waals surface area contributed by atoms with Crippen molar-refractivity contribution in [3.05, 3.63) is 45.2 Å². The van der Waals surface area contributed by atoms with E-state index in [1.807, 2.05) is 0 Å². The summed E-state index contributed by atoms with van der Waals surface area (Å²) >= 11 is 2.07. The Hall–Kier alpha value is -2.48. The topological polar surface area (TPSA) is 55.7 Å². The summed E-state index contributed by atoms with van der Waals surface area (Å²) in [5.41, 5.74) is 2.44. The highest BCUT2D eigenvalue weighted by Gasteiger charge is 2.30. The SMILES string of the molecule is C#CCOc1c(I)cc(/C=N\Nc2ccc(C(F)(F)F)cn2)cc1OC. The molecular formula is C17H13F3IN3O2. The molecule has 5 nitrogen and oxygen atoms in total. The number of anilines is 1. The molecule has 26 heavy (non-hydrogen) atoms. The molecule has 0 aliphatic rings. The Morgan fingerprint density at radius 3 is 2.73 bits per heavy atom. The Kier molecular flexibility index (Phi) is 6.68. The van der Waals surface area contributed by atoms with Crippen LogP contribution in [0.25, 0.3) is 0 Å². The first-order valence-corrected chi connectivity index (χ1v) is 8.19. The van der Waals surface area contributed by atoms with Gasteiger partial charge in [-0.3, -0.25) is 5.43 Å². The standard InChI is InChI=1S/C17H13F3IN3O2/c1-3-6-26-16-13(21)7-11(8-14(16)25-2)9-23-24-15-5-4-12(10-22-15)17(18,19)20/h1,4-5,7-10H,6H2,2H3,(H,22,24)/b23-9-. The number of rotatable bonds is 6. The Bertz CT molecular complexity index is 831. The molecule has 0 saturated heterocycles. The van der Waals surface area contributed by atoms with Gasteiger partial charge in [0.2, 0.25) is 0 Å². The minimum absolute atomic E-state index is 0.112. The molecule has 2 aromatic rings. The first-order chi connectivity index (χ1) is 12.3. The molecule has 1 heterocycles. The summed E-state index contributed by atoms with van der Waals surface area (Å²) in [7, 11) is 1.50. The maximum Gasteiger partial charge on any atom is 0.417 e. The molecular weight excluding hydrogens is 462 g/mol. The Morgan fingerprint density at radius 2 is 2.15 bits per heavy atom. The Labute approximate surface area is 161 Å². The first kappa shape index (κ1) is 19.8. The molecule has 1 N–H and O–H groups in total. The number of benzene rings is 1. The zero-order valence-electron chi connectivity index (χ0n) is 13.5.